The molecule has 3 heteroatoms. The van der Waals surface area contributed by atoms with Gasteiger partial charge in [-0.05, 0) is 43.6 Å². The topological polar surface area (TPSA) is 49.5 Å². The Bertz CT molecular complexity index is 238. The smallest absolute Gasteiger partial charge is 0.0564 e. The number of nitrogens with two attached hydrogens (primary N) is 1. The maximum absolute atomic E-state index is 9.54. The number of piperidine rings is 1. The van der Waals surface area contributed by atoms with Crippen LogP contribution in [0.3, 0.4) is 0 Å². The van der Waals surface area contributed by atoms with E-state index in [4.69, 9.17) is 5.73 Å². The van der Waals surface area contributed by atoms with Gasteiger partial charge in [-0.2, -0.15) is 0 Å². The summed E-state index contributed by atoms with van der Waals surface area (Å²) in [6.45, 7) is 6.45. The molecular formula is C14H28N2O. The Hall–Kier alpha value is -0.120. The summed E-state index contributed by atoms with van der Waals surface area (Å²) in [5, 5.41) is 9.54. The number of likely N-dealkylation sites (tertiary alicyclic amines) is 1. The molecule has 100 valence electrons. The predicted octanol–water partition coefficient (Wildman–Crippen LogP) is 1.60. The third-order valence-electron chi connectivity index (χ3n) is 4.73. The molecule has 3 nitrogen and oxygen atoms in total. The molecule has 17 heavy (non-hydrogen) atoms. The van der Waals surface area contributed by atoms with Crippen LogP contribution in [0.15, 0.2) is 0 Å². The van der Waals surface area contributed by atoms with Crippen molar-refractivity contribution in [3.8, 4) is 0 Å². The van der Waals surface area contributed by atoms with Gasteiger partial charge in [-0.15, -0.1) is 0 Å². The van der Waals surface area contributed by atoms with Gasteiger partial charge in [0.15, 0.2) is 0 Å². The van der Waals surface area contributed by atoms with E-state index >= 15 is 0 Å². The minimum Gasteiger partial charge on any atom is -0.393 e. The fraction of sp³-hybridized carbons (Fsp3) is 1.00. The molecule has 1 saturated carbocycles. The largest absolute Gasteiger partial charge is 0.393 e. The van der Waals surface area contributed by atoms with Crippen LogP contribution in [0.25, 0.3) is 0 Å². The molecule has 2 fully saturated rings. The second kappa shape index (κ2) is 5.68. The molecular weight excluding hydrogens is 212 g/mol. The van der Waals surface area contributed by atoms with Crippen LogP contribution >= 0.6 is 0 Å². The molecule has 2 unspecified atom stereocenters. The lowest BCUT2D eigenvalue weighted by molar-refractivity contribution is 0.0378. The van der Waals surface area contributed by atoms with Crippen LogP contribution in [0.2, 0.25) is 0 Å². The molecule has 0 bridgehead atoms. The Morgan fingerprint density at radius 1 is 1.29 bits per heavy atom. The molecule has 1 aliphatic carbocycles. The van der Waals surface area contributed by atoms with Gasteiger partial charge >= 0.3 is 0 Å². The molecule has 0 amide bonds. The lowest BCUT2D eigenvalue weighted by Crippen LogP contribution is -2.48. The number of aliphatic hydroxyl groups is 1. The molecule has 1 saturated heterocycles. The van der Waals surface area contributed by atoms with Crippen molar-refractivity contribution in [2.24, 2.45) is 17.1 Å². The Morgan fingerprint density at radius 2 is 2.00 bits per heavy atom. The van der Waals surface area contributed by atoms with Crippen molar-refractivity contribution in [2.75, 3.05) is 26.2 Å². The van der Waals surface area contributed by atoms with E-state index in [1.165, 1.54) is 25.7 Å². The number of hydrogen-bond acceptors (Lipinski definition) is 3. The first-order valence-electron chi connectivity index (χ1n) is 7.24. The summed E-state index contributed by atoms with van der Waals surface area (Å²) < 4.78 is 0. The van der Waals surface area contributed by atoms with Crippen molar-refractivity contribution in [3.63, 3.8) is 0 Å². The van der Waals surface area contributed by atoms with Crippen LogP contribution < -0.4 is 5.73 Å². The lowest BCUT2D eigenvalue weighted by Gasteiger charge is -2.44. The van der Waals surface area contributed by atoms with Gasteiger partial charge < -0.3 is 15.7 Å². The highest BCUT2D eigenvalue weighted by molar-refractivity contribution is 4.90. The van der Waals surface area contributed by atoms with Crippen LogP contribution in [0.1, 0.15) is 45.4 Å². The maximum Gasteiger partial charge on any atom is 0.0564 e. The zero-order chi connectivity index (χ0) is 12.3. The summed E-state index contributed by atoms with van der Waals surface area (Å²) in [5.74, 6) is 0.836. The van der Waals surface area contributed by atoms with Gasteiger partial charge in [0.1, 0.15) is 0 Å². The van der Waals surface area contributed by atoms with Crippen LogP contribution in [0, 0.1) is 11.3 Å². The van der Waals surface area contributed by atoms with Crippen LogP contribution in [-0.2, 0) is 0 Å². The van der Waals surface area contributed by atoms with Gasteiger partial charge in [0.25, 0.3) is 0 Å². The summed E-state index contributed by atoms with van der Waals surface area (Å²) in [5.41, 5.74) is 6.43. The third kappa shape index (κ3) is 3.43. The normalized spacial score (nSPS) is 37.2. The average molecular weight is 240 g/mol. The first kappa shape index (κ1) is 13.3. The second-order valence-corrected chi connectivity index (χ2v) is 6.41. The van der Waals surface area contributed by atoms with E-state index in [9.17, 15) is 5.11 Å². The summed E-state index contributed by atoms with van der Waals surface area (Å²) in [6.07, 6.45) is 7.13. The fourth-order valence-corrected chi connectivity index (χ4v) is 3.71. The molecule has 3 N–H and O–H groups in total. The van der Waals surface area contributed by atoms with Gasteiger partial charge in [0.2, 0.25) is 0 Å². The number of nitrogens with zero attached hydrogens (tertiary/aromatic N) is 1. The van der Waals surface area contributed by atoms with Crippen molar-refractivity contribution in [1.29, 1.82) is 0 Å². The SMILES string of the molecule is CC1CCCC(CN)(CN2CCC(O)CC2)C1. The zero-order valence-electron chi connectivity index (χ0n) is 11.2. The summed E-state index contributed by atoms with van der Waals surface area (Å²) in [7, 11) is 0. The number of aliphatic hydroxyl groups excluding tert-OH is 1. The minimum atomic E-state index is -0.0645. The molecule has 2 aliphatic rings. The van der Waals surface area contributed by atoms with E-state index in [0.717, 1.165) is 44.9 Å². The Balaban J connectivity index is 1.90. The number of hydrogen-bond donors (Lipinski definition) is 2. The van der Waals surface area contributed by atoms with Crippen molar-refractivity contribution in [3.05, 3.63) is 0 Å². The van der Waals surface area contributed by atoms with Gasteiger partial charge in [-0.3, -0.25) is 0 Å². The molecule has 0 aromatic heterocycles. The summed E-state index contributed by atoms with van der Waals surface area (Å²) >= 11 is 0. The predicted molar refractivity (Wildman–Crippen MR) is 70.8 cm³/mol. The fourth-order valence-electron chi connectivity index (χ4n) is 3.71. The molecule has 0 spiro atoms. The van der Waals surface area contributed by atoms with E-state index in [1.807, 2.05) is 0 Å². The van der Waals surface area contributed by atoms with Crippen LogP contribution in [0.5, 0.6) is 0 Å². The molecule has 1 heterocycles. The minimum absolute atomic E-state index is 0.0645. The first-order valence-corrected chi connectivity index (χ1v) is 7.24. The van der Waals surface area contributed by atoms with Crippen molar-refractivity contribution in [2.45, 2.75) is 51.6 Å². The highest BCUT2D eigenvalue weighted by Crippen LogP contribution is 2.39. The summed E-state index contributed by atoms with van der Waals surface area (Å²) in [6, 6.07) is 0. The summed E-state index contributed by atoms with van der Waals surface area (Å²) in [4.78, 5) is 2.53. The molecule has 2 rings (SSSR count). The Labute approximate surface area is 105 Å². The molecule has 2 atom stereocenters. The van der Waals surface area contributed by atoms with Gasteiger partial charge in [0.05, 0.1) is 6.10 Å². The van der Waals surface area contributed by atoms with E-state index in [0.29, 0.717) is 5.41 Å². The molecule has 0 aromatic rings. The van der Waals surface area contributed by atoms with Gasteiger partial charge in [-0.25, -0.2) is 0 Å². The molecule has 0 aromatic carbocycles. The second-order valence-electron chi connectivity index (χ2n) is 6.41. The van der Waals surface area contributed by atoms with E-state index in [1.54, 1.807) is 0 Å². The highest BCUT2D eigenvalue weighted by Gasteiger charge is 2.35. The molecule has 0 radical (unpaired) electrons. The Morgan fingerprint density at radius 3 is 2.59 bits per heavy atom. The van der Waals surface area contributed by atoms with E-state index in [2.05, 4.69) is 11.8 Å². The van der Waals surface area contributed by atoms with Crippen molar-refractivity contribution in [1.82, 2.24) is 4.90 Å². The van der Waals surface area contributed by atoms with Crippen LogP contribution in [0.4, 0.5) is 0 Å². The third-order valence-corrected chi connectivity index (χ3v) is 4.73. The van der Waals surface area contributed by atoms with Crippen molar-refractivity contribution < 1.29 is 5.11 Å². The maximum atomic E-state index is 9.54. The lowest BCUT2D eigenvalue weighted by atomic mass is 9.69. The Kier molecular flexibility index (Phi) is 4.45. The monoisotopic (exact) mass is 240 g/mol. The number of rotatable bonds is 3. The van der Waals surface area contributed by atoms with Crippen LogP contribution in [-0.4, -0.2) is 42.3 Å². The van der Waals surface area contributed by atoms with Gasteiger partial charge in [0, 0.05) is 19.6 Å². The average Bonchev–Trinajstić information content (AvgIpc) is 2.32. The van der Waals surface area contributed by atoms with E-state index < -0.39 is 0 Å². The highest BCUT2D eigenvalue weighted by atomic mass is 16.3. The standard InChI is InChI=1S/C14H28N2O/c1-12-3-2-6-14(9-12,10-15)11-16-7-4-13(17)5-8-16/h12-13,17H,2-11,15H2,1H3. The van der Waals surface area contributed by atoms with Crippen molar-refractivity contribution >= 4 is 0 Å². The molecule has 1 aliphatic heterocycles. The van der Waals surface area contributed by atoms with Gasteiger partial charge in [-0.1, -0.05) is 19.8 Å². The first-order chi connectivity index (χ1) is 8.13. The zero-order valence-corrected chi connectivity index (χ0v) is 11.2. The van der Waals surface area contributed by atoms with E-state index in [-0.39, 0.29) is 6.10 Å². The quantitative estimate of drug-likeness (QED) is 0.788.